The lowest BCUT2D eigenvalue weighted by Gasteiger charge is -2.28. The monoisotopic (exact) mass is 985 g/mol. The van der Waals surface area contributed by atoms with Crippen molar-refractivity contribution in [2.24, 2.45) is 0 Å². The molecule has 14 aromatic rings. The van der Waals surface area contributed by atoms with Crippen molar-refractivity contribution in [1.29, 1.82) is 0 Å². The lowest BCUT2D eigenvalue weighted by Crippen LogP contribution is -2.16. The van der Waals surface area contributed by atoms with Crippen LogP contribution in [0.4, 0.5) is 17.1 Å². The Balaban J connectivity index is 0.887. The number of furan rings is 1. The number of rotatable bonds is 9. The van der Waals surface area contributed by atoms with E-state index in [1.807, 2.05) is 12.1 Å². The molecule has 11 aromatic carbocycles. The van der Waals surface area contributed by atoms with Crippen molar-refractivity contribution in [1.82, 2.24) is 9.13 Å². The highest BCUT2D eigenvalue weighted by Gasteiger charge is 2.36. The number of benzene rings is 11. The van der Waals surface area contributed by atoms with Crippen LogP contribution in [0.1, 0.15) is 25.0 Å². The first-order valence-corrected chi connectivity index (χ1v) is 26.5. The molecule has 0 atom stereocenters. The molecule has 0 fully saturated rings. The Morgan fingerprint density at radius 2 is 0.766 bits per heavy atom. The third-order valence-electron chi connectivity index (χ3n) is 16.2. The summed E-state index contributed by atoms with van der Waals surface area (Å²) in [7, 11) is 0. The minimum absolute atomic E-state index is 0.143. The summed E-state index contributed by atoms with van der Waals surface area (Å²) >= 11 is 0. The summed E-state index contributed by atoms with van der Waals surface area (Å²) in [5.74, 6) is 0.851. The van der Waals surface area contributed by atoms with Crippen molar-refractivity contribution in [3.63, 3.8) is 0 Å². The first-order valence-electron chi connectivity index (χ1n) is 26.5. The molecule has 1 aliphatic rings. The zero-order valence-corrected chi connectivity index (χ0v) is 42.7. The molecule has 3 aromatic heterocycles. The third-order valence-corrected chi connectivity index (χ3v) is 16.2. The molecule has 4 heteroatoms. The van der Waals surface area contributed by atoms with Gasteiger partial charge in [-0.2, -0.15) is 0 Å². The first-order chi connectivity index (χ1) is 37.9. The van der Waals surface area contributed by atoms with Gasteiger partial charge < -0.3 is 18.5 Å². The summed E-state index contributed by atoms with van der Waals surface area (Å²) in [6.07, 6.45) is 1.73. The Bertz CT molecular complexity index is 4390. The summed E-state index contributed by atoms with van der Waals surface area (Å²) in [5.41, 5.74) is 23.5. The van der Waals surface area contributed by atoms with Gasteiger partial charge in [-0.05, 0) is 195 Å². The van der Waals surface area contributed by atoms with Crippen LogP contribution >= 0.6 is 0 Å². The maximum absolute atomic E-state index is 5.81. The molecule has 4 nitrogen and oxygen atoms in total. The van der Waals surface area contributed by atoms with Crippen LogP contribution in [-0.2, 0) is 5.41 Å². The molecule has 0 aliphatic heterocycles. The van der Waals surface area contributed by atoms with Gasteiger partial charge in [0.05, 0.1) is 28.3 Å². The van der Waals surface area contributed by atoms with Gasteiger partial charge in [0.2, 0.25) is 0 Å². The second-order valence-electron chi connectivity index (χ2n) is 20.9. The van der Waals surface area contributed by atoms with Crippen molar-refractivity contribution in [3.05, 3.63) is 284 Å². The molecule has 0 spiro atoms. The topological polar surface area (TPSA) is 26.2 Å². The predicted molar refractivity (Wildman–Crippen MR) is 321 cm³/mol. The lowest BCUT2D eigenvalue weighted by molar-refractivity contribution is 0.582. The van der Waals surface area contributed by atoms with E-state index in [4.69, 9.17) is 4.42 Å². The average Bonchev–Trinajstić information content (AvgIpc) is 4.39. The van der Waals surface area contributed by atoms with Crippen molar-refractivity contribution in [3.8, 4) is 67.2 Å². The summed E-state index contributed by atoms with van der Waals surface area (Å²) in [4.78, 5) is 2.39. The normalized spacial score (nSPS) is 12.6. The molecule has 77 heavy (non-hydrogen) atoms. The molecule has 0 saturated carbocycles. The van der Waals surface area contributed by atoms with Crippen molar-refractivity contribution in [2.75, 3.05) is 4.90 Å². The second-order valence-corrected chi connectivity index (χ2v) is 20.9. The number of nitrogens with zero attached hydrogens (tertiary/aromatic N) is 3. The van der Waals surface area contributed by atoms with Crippen LogP contribution in [0.15, 0.2) is 278 Å². The van der Waals surface area contributed by atoms with E-state index in [2.05, 4.69) is 283 Å². The Labute approximate surface area is 447 Å². The number of hydrogen-bond donors (Lipinski definition) is 0. The molecular formula is C73H51N3O. The zero-order valence-electron chi connectivity index (χ0n) is 42.7. The molecular weight excluding hydrogens is 935 g/mol. The van der Waals surface area contributed by atoms with E-state index in [0.29, 0.717) is 0 Å². The van der Waals surface area contributed by atoms with E-state index in [9.17, 15) is 0 Å². The van der Waals surface area contributed by atoms with Gasteiger partial charge in [0.1, 0.15) is 5.76 Å². The Kier molecular flexibility index (Phi) is 10.2. The highest BCUT2D eigenvalue weighted by atomic mass is 16.3. The maximum Gasteiger partial charge on any atom is 0.133 e. The molecule has 0 saturated heterocycles. The fourth-order valence-corrected chi connectivity index (χ4v) is 12.4. The maximum atomic E-state index is 5.81. The SMILES string of the molecule is CC1(C)c2ccccc2-c2ccc(N(c3ccc(-c4cc(-c5ccc6c(c5)c5ccccc5n6-c5ccccc5)cc(-c5ccc6c(c5)c5ccccc5n6-c5ccccc5)c4)cc3)c3ccc(-c4ccco4)cc3)cc21. The highest BCUT2D eigenvalue weighted by Crippen LogP contribution is 2.51. The number of para-hydroxylation sites is 4. The van der Waals surface area contributed by atoms with E-state index in [-0.39, 0.29) is 5.41 Å². The minimum Gasteiger partial charge on any atom is -0.464 e. The van der Waals surface area contributed by atoms with Crippen LogP contribution < -0.4 is 4.90 Å². The van der Waals surface area contributed by atoms with Gasteiger partial charge in [-0.15, -0.1) is 0 Å². The van der Waals surface area contributed by atoms with Gasteiger partial charge in [-0.1, -0.05) is 141 Å². The van der Waals surface area contributed by atoms with Gasteiger partial charge in [0.25, 0.3) is 0 Å². The molecule has 0 radical (unpaired) electrons. The number of anilines is 3. The summed E-state index contributed by atoms with van der Waals surface area (Å²) in [6.45, 7) is 4.70. The first kappa shape index (κ1) is 44.6. The van der Waals surface area contributed by atoms with Gasteiger partial charge in [0, 0.05) is 61.0 Å². The molecule has 1 aliphatic carbocycles. The van der Waals surface area contributed by atoms with Crippen molar-refractivity contribution < 1.29 is 4.42 Å². The fourth-order valence-electron chi connectivity index (χ4n) is 12.4. The molecule has 3 heterocycles. The van der Waals surface area contributed by atoms with Crippen LogP contribution in [0.5, 0.6) is 0 Å². The van der Waals surface area contributed by atoms with Crippen LogP contribution in [0.3, 0.4) is 0 Å². The van der Waals surface area contributed by atoms with Gasteiger partial charge in [-0.3, -0.25) is 0 Å². The molecule has 0 amide bonds. The van der Waals surface area contributed by atoms with Crippen molar-refractivity contribution >= 4 is 60.7 Å². The van der Waals surface area contributed by atoms with E-state index in [1.165, 1.54) is 77.0 Å². The average molecular weight is 986 g/mol. The summed E-state index contributed by atoms with van der Waals surface area (Å²) in [5, 5.41) is 4.92. The van der Waals surface area contributed by atoms with Gasteiger partial charge in [0.15, 0.2) is 0 Å². The predicted octanol–water partition coefficient (Wildman–Crippen LogP) is 19.9. The van der Waals surface area contributed by atoms with Crippen molar-refractivity contribution in [2.45, 2.75) is 19.3 Å². The van der Waals surface area contributed by atoms with Crippen LogP contribution in [0.2, 0.25) is 0 Å². The van der Waals surface area contributed by atoms with Crippen LogP contribution in [-0.4, -0.2) is 9.13 Å². The van der Waals surface area contributed by atoms with E-state index in [1.54, 1.807) is 6.26 Å². The van der Waals surface area contributed by atoms with Crippen LogP contribution in [0, 0.1) is 0 Å². The number of fused-ring (bicyclic) bond motifs is 9. The molecule has 15 rings (SSSR count). The molecule has 0 N–H and O–H groups in total. The number of aromatic nitrogens is 2. The van der Waals surface area contributed by atoms with E-state index < -0.39 is 0 Å². The number of hydrogen-bond acceptors (Lipinski definition) is 2. The van der Waals surface area contributed by atoms with Gasteiger partial charge >= 0.3 is 0 Å². The Hall–Kier alpha value is -9.90. The standard InChI is InChI=1S/C73H51N3O/c1-73(2)66-23-12-9-20-60(66)61-38-37-59(47-67(61)73)74(58-35-29-49(30-36-58)72-26-15-41-77-72)57-33-27-48(28-34-57)52-42-53(50-31-39-70-64(45-50)62-21-10-13-24-68(62)75(70)55-16-5-3-6-17-55)44-54(43-52)51-32-40-71-65(46-51)63-22-11-14-25-69(63)76(71)56-18-7-4-8-19-56/h3-47H,1-2H3. The van der Waals surface area contributed by atoms with Crippen LogP contribution in [0.25, 0.3) is 111 Å². The molecule has 0 bridgehead atoms. The fraction of sp³-hybridized carbons (Fsp3) is 0.0411. The smallest absolute Gasteiger partial charge is 0.133 e. The molecule has 364 valence electrons. The summed E-state index contributed by atoms with van der Waals surface area (Å²) < 4.78 is 10.6. The Morgan fingerprint density at radius 3 is 1.32 bits per heavy atom. The largest absolute Gasteiger partial charge is 0.464 e. The van der Waals surface area contributed by atoms with Gasteiger partial charge in [-0.25, -0.2) is 0 Å². The quantitative estimate of drug-likeness (QED) is 0.144. The lowest BCUT2D eigenvalue weighted by atomic mass is 9.82. The minimum atomic E-state index is -0.143. The zero-order chi connectivity index (χ0) is 51.2. The summed E-state index contributed by atoms with van der Waals surface area (Å²) in [6, 6.07) is 97.8. The third kappa shape index (κ3) is 7.28. The van der Waals surface area contributed by atoms with E-state index in [0.717, 1.165) is 62.0 Å². The second kappa shape index (κ2) is 17.6. The molecule has 0 unspecified atom stereocenters. The van der Waals surface area contributed by atoms with E-state index >= 15 is 0 Å². The highest BCUT2D eigenvalue weighted by molar-refractivity contribution is 6.12. The Morgan fingerprint density at radius 1 is 0.312 bits per heavy atom.